The first kappa shape index (κ1) is 10.6. The molecule has 0 aromatic carbocycles. The molecule has 0 aromatic rings. The Hall–Kier alpha value is 0.660. The summed E-state index contributed by atoms with van der Waals surface area (Å²) in [6.45, 7) is 2.15. The second-order valence-electron chi connectivity index (χ2n) is 0.858. The van der Waals surface area contributed by atoms with Crippen molar-refractivity contribution in [2.45, 2.75) is 0 Å². The van der Waals surface area contributed by atoms with Crippen molar-refractivity contribution >= 4 is 0 Å². The predicted molar refractivity (Wildman–Crippen MR) is 23.2 cm³/mol. The van der Waals surface area contributed by atoms with Gasteiger partial charge < -0.3 is 9.47 Å². The van der Waals surface area contributed by atoms with E-state index in [0.29, 0.717) is 6.61 Å². The molecule has 0 atom stereocenters. The predicted octanol–water partition coefficient (Wildman–Crippen LogP) is 0.438. The summed E-state index contributed by atoms with van der Waals surface area (Å²) in [5.41, 5.74) is 0. The summed E-state index contributed by atoms with van der Waals surface area (Å²) in [6.07, 6.45) is 0. The van der Waals surface area contributed by atoms with Gasteiger partial charge in [0, 0.05) is 7.11 Å². The van der Waals surface area contributed by atoms with Crippen LogP contribution < -0.4 is 0 Å². The van der Waals surface area contributed by atoms with Gasteiger partial charge in [-0.1, -0.05) is 6.61 Å². The van der Waals surface area contributed by atoms with Crippen molar-refractivity contribution in [2.75, 3.05) is 20.8 Å². The molecule has 0 saturated carbocycles. The summed E-state index contributed by atoms with van der Waals surface area (Å²) in [5.74, 6) is 0. The molecule has 0 aliphatic heterocycles. The van der Waals surface area contributed by atoms with Gasteiger partial charge in [-0.05, 0) is 7.11 Å². The Morgan fingerprint density at radius 1 is 1.43 bits per heavy atom. The monoisotopic (exact) mass is 286 g/mol. The summed E-state index contributed by atoms with van der Waals surface area (Å²) < 4.78 is 9.13. The molecule has 7 heavy (non-hydrogen) atoms. The van der Waals surface area contributed by atoms with Gasteiger partial charge in [-0.3, -0.25) is 0 Å². The van der Waals surface area contributed by atoms with Crippen molar-refractivity contribution in [1.29, 1.82) is 0 Å². The van der Waals surface area contributed by atoms with Gasteiger partial charge in [-0.15, -0.1) is 0 Å². The number of ether oxygens (including phenoxy) is 2. The minimum absolute atomic E-state index is 0. The van der Waals surface area contributed by atoms with Gasteiger partial charge in [-0.2, -0.15) is 6.61 Å². The largest absolute Gasteiger partial charge is 1.00 e. The molecule has 0 bridgehead atoms. The molecule has 0 rings (SSSR count). The quantitative estimate of drug-likeness (QED) is 0.426. The van der Waals surface area contributed by atoms with Crippen LogP contribution >= 0.6 is 0 Å². The zero-order valence-corrected chi connectivity index (χ0v) is 6.57. The average Bonchev–Trinajstić information content (AvgIpc) is 1.61. The molecular formula is C4H9AuO2. The van der Waals surface area contributed by atoms with Gasteiger partial charge in [0.15, 0.2) is 0 Å². The first-order chi connectivity index (χ1) is 2.91. The SMILES string of the molecule is CO[CH-]COC.[Au+]. The third-order valence-corrected chi connectivity index (χ3v) is 0.401. The van der Waals surface area contributed by atoms with E-state index < -0.39 is 0 Å². The Morgan fingerprint density at radius 2 is 2.00 bits per heavy atom. The van der Waals surface area contributed by atoms with Crippen LogP contribution in [0.25, 0.3) is 0 Å². The van der Waals surface area contributed by atoms with Gasteiger partial charge in [0.2, 0.25) is 0 Å². The van der Waals surface area contributed by atoms with Crippen molar-refractivity contribution in [2.24, 2.45) is 0 Å². The van der Waals surface area contributed by atoms with Crippen LogP contribution in [0.4, 0.5) is 0 Å². The zero-order valence-electron chi connectivity index (χ0n) is 4.40. The maximum Gasteiger partial charge on any atom is 1.00 e. The molecule has 0 aliphatic rings. The van der Waals surface area contributed by atoms with E-state index in [4.69, 9.17) is 0 Å². The molecular weight excluding hydrogens is 277 g/mol. The molecule has 0 heterocycles. The van der Waals surface area contributed by atoms with Gasteiger partial charge in [0.25, 0.3) is 0 Å². The Bertz CT molecular complexity index is 21.7. The first-order valence-corrected chi connectivity index (χ1v) is 1.75. The van der Waals surface area contributed by atoms with Crippen LogP contribution in [0.15, 0.2) is 0 Å². The van der Waals surface area contributed by atoms with Crippen LogP contribution in [-0.2, 0) is 31.9 Å². The van der Waals surface area contributed by atoms with Crippen LogP contribution in [0.2, 0.25) is 0 Å². The number of hydrogen-bond donors (Lipinski definition) is 0. The van der Waals surface area contributed by atoms with Gasteiger partial charge in [0.05, 0.1) is 0 Å². The minimum atomic E-state index is 0. The molecule has 3 heteroatoms. The summed E-state index contributed by atoms with van der Waals surface area (Å²) in [6, 6.07) is 0. The fourth-order valence-corrected chi connectivity index (χ4v) is 0.136. The molecule has 0 N–H and O–H groups in total. The molecule has 0 aromatic heterocycles. The maximum atomic E-state index is 4.60. The van der Waals surface area contributed by atoms with E-state index in [1.807, 2.05) is 0 Å². The molecule has 0 fully saturated rings. The van der Waals surface area contributed by atoms with Crippen molar-refractivity contribution in [3.63, 3.8) is 0 Å². The fourth-order valence-electron chi connectivity index (χ4n) is 0.136. The average molecular weight is 286 g/mol. The van der Waals surface area contributed by atoms with Crippen molar-refractivity contribution in [1.82, 2.24) is 0 Å². The number of hydrogen-bond acceptors (Lipinski definition) is 2. The Balaban J connectivity index is 0. The second-order valence-corrected chi connectivity index (χ2v) is 0.858. The Morgan fingerprint density at radius 3 is 2.14 bits per heavy atom. The van der Waals surface area contributed by atoms with E-state index in [0.717, 1.165) is 0 Å². The van der Waals surface area contributed by atoms with E-state index >= 15 is 0 Å². The van der Waals surface area contributed by atoms with E-state index in [-0.39, 0.29) is 22.4 Å². The Kier molecular flexibility index (Phi) is 14.9. The number of rotatable bonds is 3. The van der Waals surface area contributed by atoms with Crippen LogP contribution in [0, 0.1) is 6.61 Å². The summed E-state index contributed by atoms with van der Waals surface area (Å²) in [5, 5.41) is 0. The number of methoxy groups -OCH3 is 2. The topological polar surface area (TPSA) is 18.5 Å². The van der Waals surface area contributed by atoms with E-state index in [9.17, 15) is 0 Å². The molecule has 0 saturated heterocycles. The molecule has 48 valence electrons. The Labute approximate surface area is 59.7 Å². The minimum Gasteiger partial charge on any atom is -0.552 e. The molecule has 2 nitrogen and oxygen atoms in total. The van der Waals surface area contributed by atoms with Crippen molar-refractivity contribution in [3.8, 4) is 0 Å². The summed E-state index contributed by atoms with van der Waals surface area (Å²) in [4.78, 5) is 0. The smallest absolute Gasteiger partial charge is 0.552 e. The molecule has 0 radical (unpaired) electrons. The van der Waals surface area contributed by atoms with Crippen LogP contribution in [0.5, 0.6) is 0 Å². The van der Waals surface area contributed by atoms with Crippen LogP contribution in [0.3, 0.4) is 0 Å². The summed E-state index contributed by atoms with van der Waals surface area (Å²) >= 11 is 0. The molecule has 0 unspecified atom stereocenters. The van der Waals surface area contributed by atoms with Gasteiger partial charge in [-0.25, -0.2) is 0 Å². The summed E-state index contributed by atoms with van der Waals surface area (Å²) in [7, 11) is 3.22. The van der Waals surface area contributed by atoms with Crippen LogP contribution in [0.1, 0.15) is 0 Å². The van der Waals surface area contributed by atoms with Gasteiger partial charge in [0.1, 0.15) is 0 Å². The van der Waals surface area contributed by atoms with E-state index in [1.165, 1.54) is 0 Å². The molecule has 0 aliphatic carbocycles. The maximum absolute atomic E-state index is 4.60. The third kappa shape index (κ3) is 10.8. The van der Waals surface area contributed by atoms with E-state index in [1.54, 1.807) is 20.8 Å². The standard InChI is InChI=1S/C4H9O2.Au/c1-5-3-4-6-2;/h3H,4H2,1-2H3;/q-1;+1. The van der Waals surface area contributed by atoms with Crippen molar-refractivity contribution < 1.29 is 31.9 Å². The normalized spacial score (nSPS) is 7.71. The fraction of sp³-hybridized carbons (Fsp3) is 0.750. The second kappa shape index (κ2) is 9.83. The van der Waals surface area contributed by atoms with E-state index in [2.05, 4.69) is 9.47 Å². The third-order valence-electron chi connectivity index (χ3n) is 0.401. The van der Waals surface area contributed by atoms with Crippen molar-refractivity contribution in [3.05, 3.63) is 6.61 Å². The van der Waals surface area contributed by atoms with Crippen LogP contribution in [-0.4, -0.2) is 20.8 Å². The molecule has 0 amide bonds. The van der Waals surface area contributed by atoms with Gasteiger partial charge >= 0.3 is 22.4 Å². The zero-order chi connectivity index (χ0) is 4.83. The first-order valence-electron chi connectivity index (χ1n) is 1.75. The molecule has 0 spiro atoms.